The van der Waals surface area contributed by atoms with Crippen LogP contribution in [0.2, 0.25) is 0 Å². The Balaban J connectivity index is 1.72. The molecule has 164 valence electrons. The Labute approximate surface area is 191 Å². The summed E-state index contributed by atoms with van der Waals surface area (Å²) in [6, 6.07) is 22.9. The summed E-state index contributed by atoms with van der Waals surface area (Å²) in [4.78, 5) is 40.3. The lowest BCUT2D eigenvalue weighted by molar-refractivity contribution is -0.125. The summed E-state index contributed by atoms with van der Waals surface area (Å²) in [5.74, 6) is -1.30. The van der Waals surface area contributed by atoms with Crippen LogP contribution in [0.1, 0.15) is 22.8 Å². The van der Waals surface area contributed by atoms with Crippen LogP contribution in [0.4, 0.5) is 5.69 Å². The van der Waals surface area contributed by atoms with Crippen molar-refractivity contribution in [1.29, 1.82) is 0 Å². The lowest BCUT2D eigenvalue weighted by Gasteiger charge is -2.38. The van der Waals surface area contributed by atoms with Gasteiger partial charge in [-0.05, 0) is 40.8 Å². The molecule has 0 radical (unpaired) electrons. The molecule has 3 amide bonds. The summed E-state index contributed by atoms with van der Waals surface area (Å²) in [5, 5.41) is 6.79. The number of anilines is 1. The van der Waals surface area contributed by atoms with Gasteiger partial charge in [-0.3, -0.25) is 19.3 Å². The van der Waals surface area contributed by atoms with Crippen molar-refractivity contribution >= 4 is 45.0 Å². The molecular formula is C27H23N3O3. The Hall–Kier alpha value is -4.19. The number of nitrogens with one attached hydrogen (secondary N) is 1. The molecule has 0 spiro atoms. The van der Waals surface area contributed by atoms with Gasteiger partial charge in [-0.15, -0.1) is 0 Å². The highest BCUT2D eigenvalue weighted by Gasteiger charge is 2.40. The molecule has 4 aromatic rings. The monoisotopic (exact) mass is 437 g/mol. The first-order valence-corrected chi connectivity index (χ1v) is 10.9. The average molecular weight is 437 g/mol. The molecular weight excluding hydrogens is 414 g/mol. The number of carbonyl (C=O) groups is 3. The van der Waals surface area contributed by atoms with Gasteiger partial charge in [-0.25, -0.2) is 0 Å². The van der Waals surface area contributed by atoms with Gasteiger partial charge in [-0.2, -0.15) is 0 Å². The number of fused-ring (bicyclic) bond motifs is 6. The van der Waals surface area contributed by atoms with E-state index in [0.29, 0.717) is 17.7 Å². The quantitative estimate of drug-likeness (QED) is 0.478. The highest BCUT2D eigenvalue weighted by Crippen LogP contribution is 2.42. The topological polar surface area (TPSA) is 92.5 Å². The second-order valence-electron chi connectivity index (χ2n) is 8.30. The number of rotatable bonds is 4. The normalized spacial score (nSPS) is 16.5. The Morgan fingerprint density at radius 3 is 2.06 bits per heavy atom. The highest BCUT2D eigenvalue weighted by atomic mass is 16.2. The number of primary amides is 1. The third-order valence-corrected chi connectivity index (χ3v) is 6.34. The van der Waals surface area contributed by atoms with Gasteiger partial charge < -0.3 is 11.1 Å². The highest BCUT2D eigenvalue weighted by molar-refractivity contribution is 6.21. The summed E-state index contributed by atoms with van der Waals surface area (Å²) in [6.45, 7) is 1.62. The molecule has 6 nitrogen and oxygen atoms in total. The number of hydrogen-bond donors (Lipinski definition) is 2. The van der Waals surface area contributed by atoms with Gasteiger partial charge in [-0.1, -0.05) is 66.7 Å². The fraction of sp³-hybridized carbons (Fsp3) is 0.148. The number of nitrogens with two attached hydrogens (primary N) is 1. The standard InChI is InChI=1S/C27H23N3O3/c1-16(25(28)31)30-24-21-14-8-7-12-19(21)18-11-5-6-13-20(18)22(24)15-23(27(30)33)29-26(32)17-9-3-2-4-10-17/h2-14,16,23H,15H2,1H3,(H2,28,31)(H,29,32)/t16-,23?/m0/s1. The largest absolute Gasteiger partial charge is 0.368 e. The van der Waals surface area contributed by atoms with Crippen molar-refractivity contribution in [3.63, 3.8) is 0 Å². The predicted molar refractivity (Wildman–Crippen MR) is 129 cm³/mol. The Morgan fingerprint density at radius 2 is 1.42 bits per heavy atom. The molecule has 5 rings (SSSR count). The number of benzene rings is 4. The van der Waals surface area contributed by atoms with Crippen LogP contribution in [0.15, 0.2) is 78.9 Å². The molecule has 4 aromatic carbocycles. The number of carbonyl (C=O) groups excluding carboxylic acids is 3. The fourth-order valence-corrected chi connectivity index (χ4v) is 4.70. The fourth-order valence-electron chi connectivity index (χ4n) is 4.70. The Morgan fingerprint density at radius 1 is 0.879 bits per heavy atom. The van der Waals surface area contributed by atoms with Crippen LogP contribution in [0, 0.1) is 0 Å². The van der Waals surface area contributed by atoms with Crippen LogP contribution in [0.5, 0.6) is 0 Å². The molecule has 3 N–H and O–H groups in total. The first kappa shape index (κ1) is 20.7. The molecule has 1 aliphatic rings. The minimum atomic E-state index is -0.878. The van der Waals surface area contributed by atoms with E-state index in [4.69, 9.17) is 5.73 Å². The average Bonchev–Trinajstić information content (AvgIpc) is 2.85. The summed E-state index contributed by atoms with van der Waals surface area (Å²) in [7, 11) is 0. The van der Waals surface area contributed by atoms with E-state index in [1.54, 1.807) is 31.2 Å². The van der Waals surface area contributed by atoms with Crippen molar-refractivity contribution in [2.45, 2.75) is 25.4 Å². The lowest BCUT2D eigenvalue weighted by Crippen LogP contribution is -2.58. The molecule has 1 heterocycles. The van der Waals surface area contributed by atoms with E-state index in [1.807, 2.05) is 54.6 Å². The molecule has 0 fully saturated rings. The molecule has 6 heteroatoms. The van der Waals surface area contributed by atoms with Gasteiger partial charge in [0.1, 0.15) is 12.1 Å². The van der Waals surface area contributed by atoms with Crippen LogP contribution in [-0.4, -0.2) is 29.8 Å². The first-order valence-electron chi connectivity index (χ1n) is 10.9. The van der Waals surface area contributed by atoms with E-state index in [-0.39, 0.29) is 11.8 Å². The van der Waals surface area contributed by atoms with Crippen molar-refractivity contribution in [3.8, 4) is 0 Å². The lowest BCUT2D eigenvalue weighted by atomic mass is 9.87. The van der Waals surface area contributed by atoms with E-state index in [9.17, 15) is 14.4 Å². The molecule has 1 aliphatic heterocycles. The van der Waals surface area contributed by atoms with E-state index in [2.05, 4.69) is 5.32 Å². The number of amides is 3. The molecule has 1 unspecified atom stereocenters. The van der Waals surface area contributed by atoms with E-state index in [0.717, 1.165) is 27.1 Å². The first-order chi connectivity index (χ1) is 16.0. The van der Waals surface area contributed by atoms with E-state index >= 15 is 0 Å². The van der Waals surface area contributed by atoms with Gasteiger partial charge in [0.25, 0.3) is 11.8 Å². The zero-order valence-electron chi connectivity index (χ0n) is 18.1. The predicted octanol–water partition coefficient (Wildman–Crippen LogP) is 3.55. The molecule has 0 aromatic heterocycles. The van der Waals surface area contributed by atoms with Gasteiger partial charge in [0.2, 0.25) is 5.91 Å². The minimum Gasteiger partial charge on any atom is -0.368 e. The molecule has 2 atom stereocenters. The van der Waals surface area contributed by atoms with Crippen molar-refractivity contribution < 1.29 is 14.4 Å². The molecule has 0 aliphatic carbocycles. The molecule has 0 saturated heterocycles. The van der Waals surface area contributed by atoms with Gasteiger partial charge in [0, 0.05) is 17.4 Å². The molecule has 33 heavy (non-hydrogen) atoms. The van der Waals surface area contributed by atoms with Crippen LogP contribution < -0.4 is 16.0 Å². The van der Waals surface area contributed by atoms with Gasteiger partial charge >= 0.3 is 0 Å². The molecule has 0 saturated carbocycles. The van der Waals surface area contributed by atoms with Crippen molar-refractivity contribution in [1.82, 2.24) is 5.32 Å². The number of nitrogens with zero attached hydrogens (tertiary/aromatic N) is 1. The van der Waals surface area contributed by atoms with Crippen LogP contribution in [0.25, 0.3) is 21.5 Å². The van der Waals surface area contributed by atoms with Crippen LogP contribution in [0.3, 0.4) is 0 Å². The maximum absolute atomic E-state index is 13.7. The van der Waals surface area contributed by atoms with Gasteiger partial charge in [0.15, 0.2) is 0 Å². The second-order valence-corrected chi connectivity index (χ2v) is 8.30. The summed E-state index contributed by atoms with van der Waals surface area (Å²) in [6.07, 6.45) is 0.320. The minimum absolute atomic E-state index is 0.320. The smallest absolute Gasteiger partial charge is 0.251 e. The maximum atomic E-state index is 13.7. The zero-order chi connectivity index (χ0) is 23.1. The zero-order valence-corrected chi connectivity index (χ0v) is 18.1. The Bertz CT molecular complexity index is 1410. The van der Waals surface area contributed by atoms with Crippen molar-refractivity contribution in [3.05, 3.63) is 90.0 Å². The maximum Gasteiger partial charge on any atom is 0.251 e. The van der Waals surface area contributed by atoms with Crippen LogP contribution >= 0.6 is 0 Å². The second kappa shape index (κ2) is 8.06. The summed E-state index contributed by atoms with van der Waals surface area (Å²) >= 11 is 0. The Kier molecular flexibility index (Phi) is 5.05. The van der Waals surface area contributed by atoms with E-state index in [1.165, 1.54) is 4.90 Å². The summed E-state index contributed by atoms with van der Waals surface area (Å²) in [5.41, 5.74) is 7.73. The van der Waals surface area contributed by atoms with Crippen LogP contribution in [-0.2, 0) is 16.0 Å². The third-order valence-electron chi connectivity index (χ3n) is 6.34. The SMILES string of the molecule is C[C@@H](C(N)=O)N1C(=O)C(NC(=O)c2ccccc2)Cc2c1c1ccccc1c1ccccc21. The summed E-state index contributed by atoms with van der Waals surface area (Å²) < 4.78 is 0. The van der Waals surface area contributed by atoms with Gasteiger partial charge in [0.05, 0.1) is 5.69 Å². The van der Waals surface area contributed by atoms with Crippen molar-refractivity contribution in [2.24, 2.45) is 5.73 Å². The third kappa shape index (κ3) is 3.40. The van der Waals surface area contributed by atoms with E-state index < -0.39 is 18.0 Å². The van der Waals surface area contributed by atoms with Crippen molar-refractivity contribution in [2.75, 3.05) is 4.90 Å². The molecule has 0 bridgehead atoms. The number of hydrogen-bond acceptors (Lipinski definition) is 3.